The molecule has 0 spiro atoms. The van der Waals surface area contributed by atoms with Crippen molar-refractivity contribution in [2.24, 2.45) is 4.99 Å². The number of benzene rings is 2. The first-order valence-electron chi connectivity index (χ1n) is 10.4. The molecule has 3 aromatic rings. The zero-order valence-electron chi connectivity index (χ0n) is 18.4. The smallest absolute Gasteiger partial charge is 0.191 e. The Labute approximate surface area is 201 Å². The van der Waals surface area contributed by atoms with Gasteiger partial charge >= 0.3 is 0 Å². The molecule has 31 heavy (non-hydrogen) atoms. The molecule has 0 unspecified atom stereocenters. The summed E-state index contributed by atoms with van der Waals surface area (Å²) in [5.41, 5.74) is 4.44. The van der Waals surface area contributed by atoms with Gasteiger partial charge in [0.25, 0.3) is 0 Å². The standard InChI is InChI=1S/C24H30N4O2.HI/c1-4-22-21(23(5-2)30-28-22)16-27-24(25-3)26-15-18-11-13-20(14-12-18)29-17-19-9-7-6-8-10-19;/h6-14H,4-5,15-17H2,1-3H3,(H2,25,26,27);1H. The van der Waals surface area contributed by atoms with Gasteiger partial charge in [-0.1, -0.05) is 61.5 Å². The van der Waals surface area contributed by atoms with Crippen molar-refractivity contribution in [3.8, 4) is 5.75 Å². The van der Waals surface area contributed by atoms with Crippen LogP contribution in [0.15, 0.2) is 64.1 Å². The fraction of sp³-hybridized carbons (Fsp3) is 0.333. The van der Waals surface area contributed by atoms with E-state index < -0.39 is 0 Å². The Kier molecular flexibility index (Phi) is 10.4. The third-order valence-electron chi connectivity index (χ3n) is 4.89. The minimum Gasteiger partial charge on any atom is -0.489 e. The zero-order valence-corrected chi connectivity index (χ0v) is 20.7. The number of aliphatic imine (C=N–C) groups is 1. The molecule has 0 amide bonds. The average molecular weight is 534 g/mol. The van der Waals surface area contributed by atoms with Gasteiger partial charge in [-0.25, -0.2) is 0 Å². The zero-order chi connectivity index (χ0) is 21.2. The third kappa shape index (κ3) is 7.27. The van der Waals surface area contributed by atoms with Crippen molar-refractivity contribution in [3.05, 3.63) is 82.7 Å². The van der Waals surface area contributed by atoms with E-state index in [0.717, 1.165) is 52.7 Å². The lowest BCUT2D eigenvalue weighted by Gasteiger charge is -2.13. The van der Waals surface area contributed by atoms with Crippen LogP contribution in [0.25, 0.3) is 0 Å². The summed E-state index contributed by atoms with van der Waals surface area (Å²) in [5.74, 6) is 2.53. The molecule has 166 valence electrons. The van der Waals surface area contributed by atoms with E-state index in [-0.39, 0.29) is 24.0 Å². The predicted octanol–water partition coefficient (Wildman–Crippen LogP) is 4.86. The Morgan fingerprint density at radius 2 is 1.65 bits per heavy atom. The number of guanidine groups is 1. The SMILES string of the molecule is CCc1noc(CC)c1CNC(=NC)NCc1ccc(OCc2ccccc2)cc1.I. The Bertz CT molecular complexity index is 918. The van der Waals surface area contributed by atoms with Gasteiger partial charge < -0.3 is 19.9 Å². The van der Waals surface area contributed by atoms with E-state index in [2.05, 4.69) is 58.9 Å². The summed E-state index contributed by atoms with van der Waals surface area (Å²) in [6.07, 6.45) is 1.68. The molecule has 0 aliphatic carbocycles. The number of aromatic nitrogens is 1. The van der Waals surface area contributed by atoms with E-state index in [1.54, 1.807) is 7.05 Å². The van der Waals surface area contributed by atoms with Crippen molar-refractivity contribution >= 4 is 29.9 Å². The van der Waals surface area contributed by atoms with Crippen molar-refractivity contribution in [1.29, 1.82) is 0 Å². The molecule has 7 heteroatoms. The number of nitrogens with zero attached hydrogens (tertiary/aromatic N) is 2. The second-order valence-corrected chi connectivity index (χ2v) is 6.94. The third-order valence-corrected chi connectivity index (χ3v) is 4.89. The Morgan fingerprint density at radius 1 is 0.935 bits per heavy atom. The van der Waals surface area contributed by atoms with E-state index >= 15 is 0 Å². The first-order chi connectivity index (χ1) is 14.7. The number of aryl methyl sites for hydroxylation is 2. The molecule has 2 aromatic carbocycles. The lowest BCUT2D eigenvalue weighted by Crippen LogP contribution is -2.36. The lowest BCUT2D eigenvalue weighted by molar-refractivity contribution is 0.306. The second-order valence-electron chi connectivity index (χ2n) is 6.94. The molecular weight excluding hydrogens is 503 g/mol. The van der Waals surface area contributed by atoms with Gasteiger partial charge in [0, 0.05) is 32.1 Å². The Balaban J connectivity index is 0.00000341. The molecule has 0 saturated heterocycles. The highest BCUT2D eigenvalue weighted by atomic mass is 127. The van der Waals surface area contributed by atoms with Gasteiger partial charge in [0.2, 0.25) is 0 Å². The summed E-state index contributed by atoms with van der Waals surface area (Å²) in [4.78, 5) is 4.31. The van der Waals surface area contributed by atoms with Gasteiger partial charge in [-0.3, -0.25) is 4.99 Å². The molecule has 6 nitrogen and oxygen atoms in total. The van der Waals surface area contributed by atoms with E-state index in [1.807, 2.05) is 30.3 Å². The number of halogens is 1. The van der Waals surface area contributed by atoms with Crippen LogP contribution in [0.4, 0.5) is 0 Å². The molecule has 1 aromatic heterocycles. The maximum Gasteiger partial charge on any atom is 0.191 e. The number of rotatable bonds is 9. The van der Waals surface area contributed by atoms with Crippen molar-refractivity contribution in [2.75, 3.05) is 7.05 Å². The topological polar surface area (TPSA) is 71.7 Å². The second kappa shape index (κ2) is 13.0. The van der Waals surface area contributed by atoms with Crippen LogP contribution in [-0.2, 0) is 32.5 Å². The molecule has 0 aliphatic heterocycles. The molecule has 0 saturated carbocycles. The van der Waals surface area contributed by atoms with Gasteiger partial charge in [0.1, 0.15) is 18.1 Å². The van der Waals surface area contributed by atoms with E-state index in [4.69, 9.17) is 9.26 Å². The average Bonchev–Trinajstić information content (AvgIpc) is 3.21. The molecule has 3 rings (SSSR count). The van der Waals surface area contributed by atoms with Gasteiger partial charge in [-0.05, 0) is 29.7 Å². The fourth-order valence-electron chi connectivity index (χ4n) is 3.16. The van der Waals surface area contributed by atoms with E-state index in [9.17, 15) is 0 Å². The fourth-order valence-corrected chi connectivity index (χ4v) is 3.16. The summed E-state index contributed by atoms with van der Waals surface area (Å²) >= 11 is 0. The van der Waals surface area contributed by atoms with Crippen LogP contribution in [0, 0.1) is 0 Å². The van der Waals surface area contributed by atoms with Gasteiger partial charge in [-0.15, -0.1) is 24.0 Å². The van der Waals surface area contributed by atoms with Crippen molar-refractivity contribution in [2.45, 2.75) is 46.4 Å². The minimum absolute atomic E-state index is 0. The molecule has 1 heterocycles. The van der Waals surface area contributed by atoms with Crippen LogP contribution >= 0.6 is 24.0 Å². The number of hydrogen-bond donors (Lipinski definition) is 2. The van der Waals surface area contributed by atoms with Gasteiger partial charge in [0.05, 0.1) is 5.69 Å². The minimum atomic E-state index is 0. The van der Waals surface area contributed by atoms with Crippen LogP contribution in [0.1, 0.15) is 42.0 Å². The molecule has 0 radical (unpaired) electrons. The highest BCUT2D eigenvalue weighted by molar-refractivity contribution is 14.0. The molecule has 0 aliphatic rings. The largest absolute Gasteiger partial charge is 0.489 e. The predicted molar refractivity (Wildman–Crippen MR) is 135 cm³/mol. The van der Waals surface area contributed by atoms with Crippen LogP contribution < -0.4 is 15.4 Å². The maximum absolute atomic E-state index is 5.85. The van der Waals surface area contributed by atoms with E-state index in [1.165, 1.54) is 0 Å². The van der Waals surface area contributed by atoms with Gasteiger partial charge in [-0.2, -0.15) is 0 Å². The molecule has 0 bridgehead atoms. The lowest BCUT2D eigenvalue weighted by atomic mass is 10.1. The highest BCUT2D eigenvalue weighted by Gasteiger charge is 2.13. The van der Waals surface area contributed by atoms with Crippen molar-refractivity contribution in [1.82, 2.24) is 15.8 Å². The van der Waals surface area contributed by atoms with Crippen LogP contribution in [0.2, 0.25) is 0 Å². The first-order valence-corrected chi connectivity index (χ1v) is 10.4. The maximum atomic E-state index is 5.85. The summed E-state index contributed by atoms with van der Waals surface area (Å²) in [5, 5.41) is 10.9. The summed E-state index contributed by atoms with van der Waals surface area (Å²) in [7, 11) is 1.77. The number of ether oxygens (including phenoxy) is 1. The first kappa shape index (κ1) is 24.7. The summed E-state index contributed by atoms with van der Waals surface area (Å²) in [6, 6.07) is 18.3. The quantitative estimate of drug-likeness (QED) is 0.233. The Hall–Kier alpha value is -2.55. The van der Waals surface area contributed by atoms with Crippen LogP contribution in [-0.4, -0.2) is 18.2 Å². The summed E-state index contributed by atoms with van der Waals surface area (Å²) in [6.45, 7) is 6.04. The molecular formula is C24H31IN4O2. The Morgan fingerprint density at radius 3 is 2.29 bits per heavy atom. The normalized spacial score (nSPS) is 11.0. The van der Waals surface area contributed by atoms with Crippen molar-refractivity contribution < 1.29 is 9.26 Å². The van der Waals surface area contributed by atoms with Gasteiger partial charge in [0.15, 0.2) is 5.96 Å². The van der Waals surface area contributed by atoms with Crippen molar-refractivity contribution in [3.63, 3.8) is 0 Å². The van der Waals surface area contributed by atoms with Crippen LogP contribution in [0.5, 0.6) is 5.75 Å². The number of nitrogens with one attached hydrogen (secondary N) is 2. The molecule has 0 atom stereocenters. The monoisotopic (exact) mass is 534 g/mol. The molecule has 0 fully saturated rings. The van der Waals surface area contributed by atoms with E-state index in [0.29, 0.717) is 19.7 Å². The van der Waals surface area contributed by atoms with Crippen LogP contribution in [0.3, 0.4) is 0 Å². The highest BCUT2D eigenvalue weighted by Crippen LogP contribution is 2.16. The molecule has 2 N–H and O–H groups in total. The number of hydrogen-bond acceptors (Lipinski definition) is 4. The summed E-state index contributed by atoms with van der Waals surface area (Å²) < 4.78 is 11.3.